The minimum Gasteiger partial charge on any atom is -0.450 e. The zero-order valence-electron chi connectivity index (χ0n) is 17.2. The van der Waals surface area contributed by atoms with Gasteiger partial charge in [-0.2, -0.15) is 0 Å². The van der Waals surface area contributed by atoms with Crippen LogP contribution in [-0.2, 0) is 4.74 Å². The van der Waals surface area contributed by atoms with Crippen molar-refractivity contribution in [3.8, 4) is 0 Å². The zero-order chi connectivity index (χ0) is 18.8. The highest BCUT2D eigenvalue weighted by Gasteiger charge is 2.24. The molecule has 27 heavy (non-hydrogen) atoms. The molecule has 158 valence electrons. The lowest BCUT2D eigenvalue weighted by molar-refractivity contribution is 0.0963. The number of hydrogen-bond donors (Lipinski definition) is 2. The summed E-state index contributed by atoms with van der Waals surface area (Å²) in [6, 6.07) is 0.360. The molecule has 0 aromatic carbocycles. The first-order valence-electron chi connectivity index (χ1n) is 10.3. The predicted molar refractivity (Wildman–Crippen MR) is 121 cm³/mol. The summed E-state index contributed by atoms with van der Waals surface area (Å²) < 4.78 is 5.07. The Balaban J connectivity index is 0.00000364. The summed E-state index contributed by atoms with van der Waals surface area (Å²) in [5.74, 6) is 1.61. The van der Waals surface area contributed by atoms with E-state index < -0.39 is 0 Å². The Bertz CT molecular complexity index is 447. The normalized spacial score (nSPS) is 20.1. The van der Waals surface area contributed by atoms with E-state index in [9.17, 15) is 4.79 Å². The molecular formula is C19H38IN5O2. The van der Waals surface area contributed by atoms with Gasteiger partial charge >= 0.3 is 6.09 Å². The van der Waals surface area contributed by atoms with Crippen LogP contribution >= 0.6 is 24.0 Å². The number of carbonyl (C=O) groups is 1. The third-order valence-corrected chi connectivity index (χ3v) is 5.39. The average Bonchev–Trinajstić information content (AvgIpc) is 2.67. The van der Waals surface area contributed by atoms with E-state index in [0.717, 1.165) is 44.4 Å². The first-order valence-corrected chi connectivity index (χ1v) is 10.3. The smallest absolute Gasteiger partial charge is 0.409 e. The minimum absolute atomic E-state index is 0. The van der Waals surface area contributed by atoms with E-state index >= 15 is 0 Å². The van der Waals surface area contributed by atoms with Crippen molar-refractivity contribution in [2.45, 2.75) is 52.0 Å². The second kappa shape index (κ2) is 13.4. The van der Waals surface area contributed by atoms with Gasteiger partial charge in [-0.25, -0.2) is 4.79 Å². The fourth-order valence-electron chi connectivity index (χ4n) is 3.78. The molecule has 0 aromatic heterocycles. The molecule has 7 nitrogen and oxygen atoms in total. The molecule has 1 amide bonds. The number of likely N-dealkylation sites (tertiary alicyclic amines) is 2. The van der Waals surface area contributed by atoms with Crippen molar-refractivity contribution in [1.29, 1.82) is 0 Å². The third-order valence-electron chi connectivity index (χ3n) is 5.39. The summed E-state index contributed by atoms with van der Waals surface area (Å²) in [5, 5.41) is 7.02. The molecule has 2 rings (SSSR count). The molecule has 2 aliphatic rings. The summed E-state index contributed by atoms with van der Waals surface area (Å²) in [4.78, 5) is 20.5. The quantitative estimate of drug-likeness (QED) is 0.337. The van der Waals surface area contributed by atoms with Gasteiger partial charge in [0.1, 0.15) is 0 Å². The number of aliphatic imine (C=N–C) groups is 1. The Kier molecular flexibility index (Phi) is 12.1. The zero-order valence-corrected chi connectivity index (χ0v) is 19.5. The van der Waals surface area contributed by atoms with Crippen LogP contribution < -0.4 is 10.6 Å². The molecule has 2 heterocycles. The summed E-state index contributed by atoms with van der Waals surface area (Å²) in [7, 11) is 1.83. The van der Waals surface area contributed by atoms with E-state index in [0.29, 0.717) is 12.6 Å². The molecule has 2 fully saturated rings. The number of ether oxygens (including phenoxy) is 1. The van der Waals surface area contributed by atoms with Crippen molar-refractivity contribution in [3.63, 3.8) is 0 Å². The summed E-state index contributed by atoms with van der Waals surface area (Å²) in [6.45, 7) is 10.7. The van der Waals surface area contributed by atoms with E-state index in [1.165, 1.54) is 38.9 Å². The predicted octanol–water partition coefficient (Wildman–Crippen LogP) is 2.51. The summed E-state index contributed by atoms with van der Waals surface area (Å²) >= 11 is 0. The lowest BCUT2D eigenvalue weighted by Crippen LogP contribution is -2.50. The van der Waals surface area contributed by atoms with Crippen molar-refractivity contribution in [2.75, 3.05) is 52.9 Å². The molecule has 0 unspecified atom stereocenters. The van der Waals surface area contributed by atoms with Gasteiger partial charge in [0.05, 0.1) is 6.61 Å². The maximum absolute atomic E-state index is 11.8. The van der Waals surface area contributed by atoms with Gasteiger partial charge in [-0.1, -0.05) is 6.92 Å². The molecule has 0 atom stereocenters. The van der Waals surface area contributed by atoms with E-state index in [1.807, 2.05) is 14.0 Å². The fraction of sp³-hybridized carbons (Fsp3) is 0.895. The standard InChI is InChI=1S/C19H37N5O2.HI/c1-4-10-23-11-6-16(7-12-23)15-21-18(20-3)22-17-8-13-24(14-9-17)19(25)26-5-2;/h16-17H,4-15H2,1-3H3,(H2,20,21,22);1H. The minimum atomic E-state index is -0.192. The topological polar surface area (TPSA) is 69.2 Å². The number of halogens is 1. The molecule has 2 saturated heterocycles. The van der Waals surface area contributed by atoms with E-state index in [4.69, 9.17) is 4.74 Å². The van der Waals surface area contributed by atoms with Crippen molar-refractivity contribution in [1.82, 2.24) is 20.4 Å². The largest absolute Gasteiger partial charge is 0.450 e. The van der Waals surface area contributed by atoms with Crippen LogP contribution in [0.1, 0.15) is 46.0 Å². The molecule has 0 bridgehead atoms. The van der Waals surface area contributed by atoms with Crippen LogP contribution in [0.4, 0.5) is 4.79 Å². The Labute approximate surface area is 181 Å². The van der Waals surface area contributed by atoms with Gasteiger partial charge in [0.2, 0.25) is 0 Å². The summed E-state index contributed by atoms with van der Waals surface area (Å²) in [5.41, 5.74) is 0. The molecule has 2 aliphatic heterocycles. The van der Waals surface area contributed by atoms with Crippen molar-refractivity contribution < 1.29 is 9.53 Å². The average molecular weight is 495 g/mol. The van der Waals surface area contributed by atoms with Crippen LogP contribution in [0.15, 0.2) is 4.99 Å². The number of rotatable bonds is 6. The SMILES string of the molecule is CCCN1CCC(CNC(=NC)NC2CCN(C(=O)OCC)CC2)CC1.I. The lowest BCUT2D eigenvalue weighted by Gasteiger charge is -2.33. The van der Waals surface area contributed by atoms with Crippen LogP contribution in [-0.4, -0.2) is 80.8 Å². The van der Waals surface area contributed by atoms with Crippen molar-refractivity contribution in [3.05, 3.63) is 0 Å². The van der Waals surface area contributed by atoms with Gasteiger partial charge < -0.3 is 25.2 Å². The first-order chi connectivity index (χ1) is 12.7. The Morgan fingerprint density at radius 2 is 1.78 bits per heavy atom. The maximum atomic E-state index is 11.8. The number of nitrogens with one attached hydrogen (secondary N) is 2. The van der Waals surface area contributed by atoms with Gasteiger partial charge in [-0.3, -0.25) is 4.99 Å². The number of amides is 1. The highest BCUT2D eigenvalue weighted by atomic mass is 127. The number of hydrogen-bond acceptors (Lipinski definition) is 4. The highest BCUT2D eigenvalue weighted by Crippen LogP contribution is 2.16. The molecule has 0 aliphatic carbocycles. The molecule has 0 spiro atoms. The Morgan fingerprint density at radius 1 is 1.11 bits per heavy atom. The van der Waals surface area contributed by atoms with Gasteiger partial charge in [0.25, 0.3) is 0 Å². The Hall–Kier alpha value is -0.770. The number of nitrogens with zero attached hydrogens (tertiary/aromatic N) is 3. The molecule has 0 aromatic rings. The van der Waals surface area contributed by atoms with Gasteiger partial charge in [0, 0.05) is 32.7 Å². The molecular weight excluding hydrogens is 457 g/mol. The number of carbonyl (C=O) groups excluding carboxylic acids is 1. The van der Waals surface area contributed by atoms with Gasteiger partial charge in [0.15, 0.2) is 5.96 Å². The maximum Gasteiger partial charge on any atom is 0.409 e. The number of guanidine groups is 1. The fourth-order valence-corrected chi connectivity index (χ4v) is 3.78. The second-order valence-corrected chi connectivity index (χ2v) is 7.34. The van der Waals surface area contributed by atoms with E-state index in [1.54, 1.807) is 4.90 Å². The van der Waals surface area contributed by atoms with Crippen molar-refractivity contribution >= 4 is 36.0 Å². The third kappa shape index (κ3) is 8.41. The van der Waals surface area contributed by atoms with Crippen LogP contribution in [0.2, 0.25) is 0 Å². The van der Waals surface area contributed by atoms with Gasteiger partial charge in [-0.15, -0.1) is 24.0 Å². The van der Waals surface area contributed by atoms with Crippen LogP contribution in [0.5, 0.6) is 0 Å². The van der Waals surface area contributed by atoms with Crippen LogP contribution in [0, 0.1) is 5.92 Å². The van der Waals surface area contributed by atoms with Crippen molar-refractivity contribution in [2.24, 2.45) is 10.9 Å². The van der Waals surface area contributed by atoms with Crippen LogP contribution in [0.25, 0.3) is 0 Å². The molecule has 0 saturated carbocycles. The number of piperidine rings is 2. The van der Waals surface area contributed by atoms with E-state index in [2.05, 4.69) is 27.4 Å². The highest BCUT2D eigenvalue weighted by molar-refractivity contribution is 14.0. The monoisotopic (exact) mass is 495 g/mol. The Morgan fingerprint density at radius 3 is 2.33 bits per heavy atom. The first kappa shape index (κ1) is 24.3. The summed E-state index contributed by atoms with van der Waals surface area (Å²) in [6.07, 6.45) is 5.44. The van der Waals surface area contributed by atoms with Crippen LogP contribution in [0.3, 0.4) is 0 Å². The molecule has 8 heteroatoms. The molecule has 2 N–H and O–H groups in total. The van der Waals surface area contributed by atoms with Gasteiger partial charge in [-0.05, 0) is 64.6 Å². The lowest BCUT2D eigenvalue weighted by atomic mass is 9.97. The second-order valence-electron chi connectivity index (χ2n) is 7.34. The van der Waals surface area contributed by atoms with E-state index in [-0.39, 0.29) is 30.1 Å². The molecule has 0 radical (unpaired) electrons.